The van der Waals surface area contributed by atoms with Crippen molar-refractivity contribution in [2.24, 2.45) is 0 Å². The molecule has 0 amide bonds. The first kappa shape index (κ1) is 12.4. The maximum Gasteiger partial charge on any atom is 0.437 e. The average molecular weight is 337 g/mol. The normalized spacial score (nSPS) is 10.8. The second-order valence-corrected chi connectivity index (χ2v) is 5.80. The van der Waals surface area contributed by atoms with Crippen LogP contribution in [-0.2, 0) is 6.54 Å². The highest BCUT2D eigenvalue weighted by molar-refractivity contribution is 9.10. The molecule has 96 valence electrons. The molecule has 0 saturated heterocycles. The van der Waals surface area contributed by atoms with E-state index in [9.17, 15) is 4.79 Å². The van der Waals surface area contributed by atoms with E-state index in [0.717, 1.165) is 14.9 Å². The van der Waals surface area contributed by atoms with Crippen LogP contribution in [0.3, 0.4) is 0 Å². The van der Waals surface area contributed by atoms with E-state index in [1.54, 1.807) is 0 Å². The van der Waals surface area contributed by atoms with Crippen molar-refractivity contribution in [1.82, 2.24) is 9.78 Å². The number of hydrogen-bond donors (Lipinski definition) is 0. The molecule has 4 nitrogen and oxygen atoms in total. The van der Waals surface area contributed by atoms with Crippen molar-refractivity contribution in [1.29, 1.82) is 0 Å². The molecule has 2 heterocycles. The largest absolute Gasteiger partial charge is 0.437 e. The molecule has 0 aliphatic rings. The third kappa shape index (κ3) is 2.69. The van der Waals surface area contributed by atoms with E-state index in [0.29, 0.717) is 12.4 Å². The molecular formula is C13H9BrN2O2S. The zero-order valence-electron chi connectivity index (χ0n) is 9.75. The lowest BCUT2D eigenvalue weighted by molar-refractivity contribution is 0.495. The molecule has 19 heavy (non-hydrogen) atoms. The molecule has 0 spiro atoms. The standard InChI is InChI=1S/C13H9BrN2O2S/c14-10-4-1-3-9(7-10)8-16-13(17)18-12(15-16)11-5-2-6-19-11/h1-7H,8H2. The zero-order chi connectivity index (χ0) is 13.2. The molecule has 0 unspecified atom stereocenters. The Bertz CT molecular complexity index is 746. The van der Waals surface area contributed by atoms with Crippen LogP contribution in [0.25, 0.3) is 10.8 Å². The Labute approximate surface area is 121 Å². The molecule has 0 aliphatic carbocycles. The van der Waals surface area contributed by atoms with E-state index in [1.165, 1.54) is 16.0 Å². The van der Waals surface area contributed by atoms with Gasteiger partial charge in [-0.3, -0.25) is 0 Å². The van der Waals surface area contributed by atoms with Crippen LogP contribution >= 0.6 is 27.3 Å². The summed E-state index contributed by atoms with van der Waals surface area (Å²) in [4.78, 5) is 12.6. The van der Waals surface area contributed by atoms with Crippen molar-refractivity contribution < 1.29 is 4.42 Å². The molecule has 0 N–H and O–H groups in total. The van der Waals surface area contributed by atoms with Crippen LogP contribution in [-0.4, -0.2) is 9.78 Å². The van der Waals surface area contributed by atoms with E-state index >= 15 is 0 Å². The van der Waals surface area contributed by atoms with Gasteiger partial charge in [-0.05, 0) is 29.1 Å². The van der Waals surface area contributed by atoms with Crippen LogP contribution in [0.5, 0.6) is 0 Å². The monoisotopic (exact) mass is 336 g/mol. The first-order valence-corrected chi connectivity index (χ1v) is 7.26. The molecule has 0 aliphatic heterocycles. The smallest absolute Gasteiger partial charge is 0.387 e. The van der Waals surface area contributed by atoms with E-state index < -0.39 is 5.76 Å². The van der Waals surface area contributed by atoms with Gasteiger partial charge in [0.2, 0.25) is 0 Å². The van der Waals surface area contributed by atoms with Gasteiger partial charge in [-0.15, -0.1) is 16.4 Å². The van der Waals surface area contributed by atoms with Gasteiger partial charge in [0, 0.05) is 4.47 Å². The third-order valence-corrected chi connectivity index (χ3v) is 3.91. The summed E-state index contributed by atoms with van der Waals surface area (Å²) in [5.41, 5.74) is 0.988. The maximum absolute atomic E-state index is 11.8. The Morgan fingerprint density at radius 2 is 2.21 bits per heavy atom. The van der Waals surface area contributed by atoms with Crippen LogP contribution in [0.4, 0.5) is 0 Å². The minimum Gasteiger partial charge on any atom is -0.387 e. The first-order valence-electron chi connectivity index (χ1n) is 5.58. The number of hydrogen-bond acceptors (Lipinski definition) is 4. The average Bonchev–Trinajstić information content (AvgIpc) is 3.00. The van der Waals surface area contributed by atoms with Crippen molar-refractivity contribution in [3.05, 3.63) is 62.4 Å². The van der Waals surface area contributed by atoms with E-state index in [2.05, 4.69) is 21.0 Å². The second kappa shape index (κ2) is 5.14. The minimum atomic E-state index is -0.441. The molecule has 1 aromatic carbocycles. The summed E-state index contributed by atoms with van der Waals surface area (Å²) in [6, 6.07) is 11.5. The number of thiophene rings is 1. The molecule has 0 saturated carbocycles. The molecular weight excluding hydrogens is 328 g/mol. The van der Waals surface area contributed by atoms with Crippen molar-refractivity contribution in [3.8, 4) is 10.8 Å². The number of aromatic nitrogens is 2. The van der Waals surface area contributed by atoms with Gasteiger partial charge in [0.25, 0.3) is 5.89 Å². The Hall–Kier alpha value is -1.66. The second-order valence-electron chi connectivity index (χ2n) is 3.94. The topological polar surface area (TPSA) is 48.0 Å². The van der Waals surface area contributed by atoms with Crippen molar-refractivity contribution in [2.45, 2.75) is 6.54 Å². The van der Waals surface area contributed by atoms with E-state index in [-0.39, 0.29) is 0 Å². The quantitative estimate of drug-likeness (QED) is 0.736. The molecule has 6 heteroatoms. The van der Waals surface area contributed by atoms with Gasteiger partial charge in [0.05, 0.1) is 11.4 Å². The van der Waals surface area contributed by atoms with Gasteiger partial charge in [0.15, 0.2) is 0 Å². The molecule has 3 rings (SSSR count). The summed E-state index contributed by atoms with van der Waals surface area (Å²) in [6.07, 6.45) is 0. The van der Waals surface area contributed by atoms with Crippen molar-refractivity contribution >= 4 is 27.3 Å². The maximum atomic E-state index is 11.8. The summed E-state index contributed by atoms with van der Waals surface area (Å²) >= 11 is 4.89. The van der Waals surface area contributed by atoms with Crippen molar-refractivity contribution in [3.63, 3.8) is 0 Å². The lowest BCUT2D eigenvalue weighted by Gasteiger charge is -1.99. The lowest BCUT2D eigenvalue weighted by atomic mass is 10.2. The highest BCUT2D eigenvalue weighted by atomic mass is 79.9. The third-order valence-electron chi connectivity index (χ3n) is 2.56. The summed E-state index contributed by atoms with van der Waals surface area (Å²) < 4.78 is 7.46. The summed E-state index contributed by atoms with van der Waals surface area (Å²) in [5, 5.41) is 6.13. The highest BCUT2D eigenvalue weighted by Gasteiger charge is 2.11. The van der Waals surface area contributed by atoms with Crippen LogP contribution < -0.4 is 5.76 Å². The first-order chi connectivity index (χ1) is 9.22. The van der Waals surface area contributed by atoms with Gasteiger partial charge >= 0.3 is 5.76 Å². The van der Waals surface area contributed by atoms with Crippen LogP contribution in [0.2, 0.25) is 0 Å². The fourth-order valence-electron chi connectivity index (χ4n) is 1.71. The molecule has 0 fully saturated rings. The molecule has 0 bridgehead atoms. The van der Waals surface area contributed by atoms with Crippen molar-refractivity contribution in [2.75, 3.05) is 0 Å². The number of halogens is 1. The molecule has 3 aromatic rings. The molecule has 0 radical (unpaired) electrons. The summed E-state index contributed by atoms with van der Waals surface area (Å²) in [5.74, 6) is -0.0710. The van der Waals surface area contributed by atoms with Gasteiger partial charge in [-0.1, -0.05) is 34.1 Å². The van der Waals surface area contributed by atoms with Gasteiger partial charge in [-0.2, -0.15) is 4.68 Å². The Morgan fingerprint density at radius 1 is 1.32 bits per heavy atom. The Morgan fingerprint density at radius 3 is 2.95 bits per heavy atom. The summed E-state index contributed by atoms with van der Waals surface area (Å²) in [6.45, 7) is 0.396. The fraction of sp³-hybridized carbons (Fsp3) is 0.0769. The Kier molecular flexibility index (Phi) is 3.35. The van der Waals surface area contributed by atoms with Crippen LogP contribution in [0.1, 0.15) is 5.56 Å². The van der Waals surface area contributed by atoms with E-state index in [4.69, 9.17) is 4.42 Å². The molecule has 0 atom stereocenters. The highest BCUT2D eigenvalue weighted by Crippen LogP contribution is 2.21. The number of nitrogens with zero attached hydrogens (tertiary/aromatic N) is 2. The van der Waals surface area contributed by atoms with E-state index in [1.807, 2.05) is 41.8 Å². The fourth-order valence-corrected chi connectivity index (χ4v) is 2.81. The zero-order valence-corrected chi connectivity index (χ0v) is 12.1. The minimum absolute atomic E-state index is 0.370. The number of benzene rings is 1. The van der Waals surface area contributed by atoms with Gasteiger partial charge in [-0.25, -0.2) is 4.79 Å². The Balaban J connectivity index is 1.92. The number of rotatable bonds is 3. The predicted octanol–water partition coefficient (Wildman–Crippen LogP) is 3.38. The molecule has 2 aromatic heterocycles. The van der Waals surface area contributed by atoms with Gasteiger partial charge < -0.3 is 4.42 Å². The SMILES string of the molecule is O=c1oc(-c2cccs2)nn1Cc1cccc(Br)c1. The predicted molar refractivity (Wildman–Crippen MR) is 77.3 cm³/mol. The van der Waals surface area contributed by atoms with Crippen LogP contribution in [0.15, 0.2) is 55.5 Å². The van der Waals surface area contributed by atoms with Gasteiger partial charge in [0.1, 0.15) is 0 Å². The summed E-state index contributed by atoms with van der Waals surface area (Å²) in [7, 11) is 0. The lowest BCUT2D eigenvalue weighted by Crippen LogP contribution is -2.16. The van der Waals surface area contributed by atoms with Crippen LogP contribution in [0, 0.1) is 0 Å².